The van der Waals surface area contributed by atoms with E-state index >= 15 is 0 Å². The number of fused-ring (bicyclic) bond motifs is 1. The van der Waals surface area contributed by atoms with Crippen molar-refractivity contribution in [2.75, 3.05) is 0 Å². The summed E-state index contributed by atoms with van der Waals surface area (Å²) in [5, 5.41) is 5.98. The highest BCUT2D eigenvalue weighted by Gasteiger charge is 2.08. The Balaban J connectivity index is 2.26. The summed E-state index contributed by atoms with van der Waals surface area (Å²) in [4.78, 5) is 4.38. The highest BCUT2D eigenvalue weighted by Crippen LogP contribution is 2.26. The summed E-state index contributed by atoms with van der Waals surface area (Å²) in [5.74, 6) is 0.395. The first kappa shape index (κ1) is 11.5. The second kappa shape index (κ2) is 4.59. The van der Waals surface area contributed by atoms with E-state index in [1.807, 2.05) is 36.5 Å². The van der Waals surface area contributed by atoms with Crippen LogP contribution >= 0.6 is 23.2 Å². The molecule has 3 aromatic rings. The molecule has 0 bridgehead atoms. The Kier molecular flexibility index (Phi) is 2.94. The van der Waals surface area contributed by atoms with Crippen molar-refractivity contribution in [3.8, 4) is 5.69 Å². The summed E-state index contributed by atoms with van der Waals surface area (Å²) in [6.07, 6.45) is 3.61. The van der Waals surface area contributed by atoms with E-state index in [4.69, 9.17) is 23.2 Å². The van der Waals surface area contributed by atoms with Gasteiger partial charge in [0.1, 0.15) is 0 Å². The monoisotopic (exact) mass is 277 g/mol. The molecule has 2 heterocycles. The van der Waals surface area contributed by atoms with E-state index in [0.717, 1.165) is 22.3 Å². The van der Waals surface area contributed by atoms with Gasteiger partial charge >= 0.3 is 0 Å². The van der Waals surface area contributed by atoms with Crippen LogP contribution in [0.1, 0.15) is 5.69 Å². The molecule has 2 aromatic heterocycles. The lowest BCUT2D eigenvalue weighted by Gasteiger charge is -2.06. The maximum Gasteiger partial charge on any atom is 0.0973 e. The summed E-state index contributed by atoms with van der Waals surface area (Å²) >= 11 is 11.9. The van der Waals surface area contributed by atoms with Gasteiger partial charge in [-0.1, -0.05) is 11.6 Å². The van der Waals surface area contributed by atoms with E-state index in [-0.39, 0.29) is 0 Å². The number of hydrogen-bond donors (Lipinski definition) is 0. The van der Waals surface area contributed by atoms with Crippen LogP contribution < -0.4 is 0 Å². The van der Waals surface area contributed by atoms with Crippen molar-refractivity contribution in [2.24, 2.45) is 0 Å². The number of aromatic nitrogens is 3. The van der Waals surface area contributed by atoms with E-state index in [0.29, 0.717) is 10.9 Å². The maximum atomic E-state index is 6.16. The molecule has 0 unspecified atom stereocenters. The van der Waals surface area contributed by atoms with Gasteiger partial charge < -0.3 is 0 Å². The lowest BCUT2D eigenvalue weighted by Crippen LogP contribution is -1.98. The number of benzene rings is 1. The van der Waals surface area contributed by atoms with E-state index in [9.17, 15) is 0 Å². The third-order valence-electron chi connectivity index (χ3n) is 2.72. The molecule has 5 heteroatoms. The molecule has 0 fully saturated rings. The van der Waals surface area contributed by atoms with Crippen LogP contribution in [-0.2, 0) is 5.88 Å². The minimum atomic E-state index is 0.395. The molecule has 0 aliphatic carbocycles. The fraction of sp³-hybridized carbons (Fsp3) is 0.0769. The van der Waals surface area contributed by atoms with Gasteiger partial charge in [-0.25, -0.2) is 4.68 Å². The van der Waals surface area contributed by atoms with Gasteiger partial charge in [0.25, 0.3) is 0 Å². The average Bonchev–Trinajstić information content (AvgIpc) is 2.88. The zero-order valence-corrected chi connectivity index (χ0v) is 10.9. The van der Waals surface area contributed by atoms with Crippen molar-refractivity contribution >= 4 is 34.1 Å². The van der Waals surface area contributed by atoms with Gasteiger partial charge in [0.15, 0.2) is 0 Å². The molecule has 1 aromatic carbocycles. The summed E-state index contributed by atoms with van der Waals surface area (Å²) in [7, 11) is 0. The van der Waals surface area contributed by atoms with Gasteiger partial charge in [0.2, 0.25) is 0 Å². The summed E-state index contributed by atoms with van der Waals surface area (Å²) in [6, 6.07) is 9.45. The third kappa shape index (κ3) is 1.85. The summed E-state index contributed by atoms with van der Waals surface area (Å²) < 4.78 is 1.77. The van der Waals surface area contributed by atoms with E-state index in [1.165, 1.54) is 0 Å². The fourth-order valence-electron chi connectivity index (χ4n) is 1.87. The molecule has 0 saturated carbocycles. The molecule has 0 amide bonds. The van der Waals surface area contributed by atoms with E-state index in [1.54, 1.807) is 10.9 Å². The van der Waals surface area contributed by atoms with Crippen molar-refractivity contribution in [1.29, 1.82) is 0 Å². The minimum Gasteiger partial charge on any atom is -0.254 e. The second-order valence-corrected chi connectivity index (χ2v) is 4.53. The number of alkyl halides is 1. The predicted octanol–water partition coefficient (Wildman–Crippen LogP) is 3.81. The standard InChI is InChI=1S/C13H9Cl2N3/c14-8-9-5-7-18(17-9)12-4-3-11(15)10-2-1-6-16-13(10)12/h1-7H,8H2. The Labute approximate surface area is 114 Å². The first-order valence-electron chi connectivity index (χ1n) is 5.44. The molecular weight excluding hydrogens is 269 g/mol. The van der Waals surface area contributed by atoms with Crippen molar-refractivity contribution in [1.82, 2.24) is 14.8 Å². The molecule has 0 atom stereocenters. The van der Waals surface area contributed by atoms with Crippen LogP contribution in [0.2, 0.25) is 5.02 Å². The highest BCUT2D eigenvalue weighted by atomic mass is 35.5. The first-order chi connectivity index (χ1) is 8.79. The van der Waals surface area contributed by atoms with Crippen LogP contribution in [0, 0.1) is 0 Å². The van der Waals surface area contributed by atoms with Crippen LogP contribution in [0.15, 0.2) is 42.7 Å². The quantitative estimate of drug-likeness (QED) is 0.667. The van der Waals surface area contributed by atoms with Crippen molar-refractivity contribution in [2.45, 2.75) is 5.88 Å². The van der Waals surface area contributed by atoms with Crippen LogP contribution in [0.25, 0.3) is 16.6 Å². The minimum absolute atomic E-state index is 0.395. The largest absolute Gasteiger partial charge is 0.254 e. The number of rotatable bonds is 2. The number of halogens is 2. The predicted molar refractivity (Wildman–Crippen MR) is 73.4 cm³/mol. The Morgan fingerprint density at radius 3 is 2.83 bits per heavy atom. The van der Waals surface area contributed by atoms with E-state index < -0.39 is 0 Å². The molecule has 0 aliphatic rings. The Morgan fingerprint density at radius 1 is 1.17 bits per heavy atom. The molecule has 18 heavy (non-hydrogen) atoms. The summed E-state index contributed by atoms with van der Waals surface area (Å²) in [6.45, 7) is 0. The van der Waals surface area contributed by atoms with Crippen LogP contribution in [0.3, 0.4) is 0 Å². The molecule has 3 nitrogen and oxygen atoms in total. The highest BCUT2D eigenvalue weighted by molar-refractivity contribution is 6.35. The fourth-order valence-corrected chi connectivity index (χ4v) is 2.23. The van der Waals surface area contributed by atoms with Crippen molar-refractivity contribution < 1.29 is 0 Å². The molecule has 0 N–H and O–H groups in total. The zero-order valence-electron chi connectivity index (χ0n) is 9.35. The summed E-state index contributed by atoms with van der Waals surface area (Å²) in [5.41, 5.74) is 2.55. The molecule has 0 aliphatic heterocycles. The van der Waals surface area contributed by atoms with Crippen LogP contribution in [0.5, 0.6) is 0 Å². The number of pyridine rings is 1. The lowest BCUT2D eigenvalue weighted by molar-refractivity contribution is 0.863. The second-order valence-electron chi connectivity index (χ2n) is 3.85. The Hall–Kier alpha value is -1.58. The smallest absolute Gasteiger partial charge is 0.0973 e. The third-order valence-corrected chi connectivity index (χ3v) is 3.33. The molecule has 0 spiro atoms. The number of nitrogens with zero attached hydrogens (tertiary/aromatic N) is 3. The SMILES string of the molecule is ClCc1ccn(-c2ccc(Cl)c3cccnc23)n1. The average molecular weight is 278 g/mol. The number of hydrogen-bond acceptors (Lipinski definition) is 2. The van der Waals surface area contributed by atoms with E-state index in [2.05, 4.69) is 10.1 Å². The van der Waals surface area contributed by atoms with Gasteiger partial charge in [-0.15, -0.1) is 11.6 Å². The molecule has 3 rings (SSSR count). The van der Waals surface area contributed by atoms with Gasteiger partial charge in [-0.05, 0) is 30.3 Å². The zero-order chi connectivity index (χ0) is 12.5. The van der Waals surface area contributed by atoms with Crippen molar-refractivity contribution in [3.63, 3.8) is 0 Å². The Bertz CT molecular complexity index is 706. The maximum absolute atomic E-state index is 6.16. The molecule has 0 saturated heterocycles. The van der Waals surface area contributed by atoms with Crippen LogP contribution in [-0.4, -0.2) is 14.8 Å². The van der Waals surface area contributed by atoms with Gasteiger partial charge in [-0.2, -0.15) is 5.10 Å². The molecular formula is C13H9Cl2N3. The van der Waals surface area contributed by atoms with Crippen LogP contribution in [0.4, 0.5) is 0 Å². The molecule has 90 valence electrons. The van der Waals surface area contributed by atoms with Gasteiger partial charge in [0, 0.05) is 17.8 Å². The molecule has 0 radical (unpaired) electrons. The first-order valence-corrected chi connectivity index (χ1v) is 6.35. The topological polar surface area (TPSA) is 30.7 Å². The lowest BCUT2D eigenvalue weighted by atomic mass is 10.2. The van der Waals surface area contributed by atoms with Gasteiger partial charge in [0.05, 0.1) is 27.8 Å². The Morgan fingerprint density at radius 2 is 2.06 bits per heavy atom. The van der Waals surface area contributed by atoms with Gasteiger partial charge in [-0.3, -0.25) is 4.98 Å². The normalized spacial score (nSPS) is 11.0. The van der Waals surface area contributed by atoms with Crippen molar-refractivity contribution in [3.05, 3.63) is 53.4 Å².